The van der Waals surface area contributed by atoms with Crippen LogP contribution in [0.25, 0.3) is 11.2 Å². The van der Waals surface area contributed by atoms with E-state index in [1.807, 2.05) is 0 Å². The average molecular weight is 207 g/mol. The van der Waals surface area contributed by atoms with Gasteiger partial charge in [0.1, 0.15) is 6.23 Å². The second-order valence-electron chi connectivity index (χ2n) is 3.44. The van der Waals surface area contributed by atoms with Crippen LogP contribution in [0.1, 0.15) is 6.42 Å². The third kappa shape index (κ3) is 1.13. The Balaban J connectivity index is 2.33. The van der Waals surface area contributed by atoms with Gasteiger partial charge in [-0.25, -0.2) is 4.98 Å². The van der Waals surface area contributed by atoms with Gasteiger partial charge >= 0.3 is 0 Å². The van der Waals surface area contributed by atoms with Crippen molar-refractivity contribution in [2.24, 2.45) is 0 Å². The Labute approximate surface area is 83.8 Å². The molecule has 1 unspecified atom stereocenters. The Morgan fingerprint density at radius 3 is 3.33 bits per heavy atom. The molecule has 0 aromatic carbocycles. The number of aromatic nitrogens is 4. The van der Waals surface area contributed by atoms with Crippen LogP contribution in [0, 0.1) is 0 Å². The topological polar surface area (TPSA) is 95.8 Å². The van der Waals surface area contributed by atoms with Gasteiger partial charge in [0.2, 0.25) is 5.95 Å². The van der Waals surface area contributed by atoms with Gasteiger partial charge < -0.3 is 15.4 Å². The maximum absolute atomic E-state index is 11.9. The molecular formula is C8H9N5O2. The van der Waals surface area contributed by atoms with Crippen molar-refractivity contribution in [1.82, 2.24) is 19.5 Å². The number of hydrogen-bond donors (Lipinski definition) is 3. The molecule has 0 aliphatic carbocycles. The minimum absolute atomic E-state index is 0.160. The minimum atomic E-state index is -0.645. The van der Waals surface area contributed by atoms with Crippen molar-refractivity contribution in [3.05, 3.63) is 16.7 Å². The highest BCUT2D eigenvalue weighted by Crippen LogP contribution is 2.14. The molecule has 3 heterocycles. The maximum atomic E-state index is 11.9. The first-order chi connectivity index (χ1) is 7.25. The van der Waals surface area contributed by atoms with Crippen molar-refractivity contribution in [3.63, 3.8) is 0 Å². The van der Waals surface area contributed by atoms with Gasteiger partial charge in [0.15, 0.2) is 11.2 Å². The lowest BCUT2D eigenvalue weighted by Gasteiger charge is -2.22. The quantitative estimate of drug-likeness (QED) is 0.528. The molecule has 15 heavy (non-hydrogen) atoms. The number of hydrogen-bond acceptors (Lipinski definition) is 5. The van der Waals surface area contributed by atoms with E-state index >= 15 is 0 Å². The van der Waals surface area contributed by atoms with Crippen molar-refractivity contribution < 1.29 is 5.11 Å². The van der Waals surface area contributed by atoms with Crippen LogP contribution in [0.3, 0.4) is 0 Å². The lowest BCUT2D eigenvalue weighted by Crippen LogP contribution is -2.35. The highest BCUT2D eigenvalue weighted by molar-refractivity contribution is 5.70. The summed E-state index contributed by atoms with van der Waals surface area (Å²) in [5, 5.41) is 12.1. The van der Waals surface area contributed by atoms with Gasteiger partial charge in [-0.05, 0) is 0 Å². The van der Waals surface area contributed by atoms with E-state index in [2.05, 4.69) is 20.3 Å². The number of nitrogens with one attached hydrogen (secondary N) is 2. The van der Waals surface area contributed by atoms with Gasteiger partial charge in [0, 0.05) is 13.0 Å². The van der Waals surface area contributed by atoms with E-state index in [9.17, 15) is 9.90 Å². The van der Waals surface area contributed by atoms with Crippen LogP contribution in [-0.4, -0.2) is 30.9 Å². The first-order valence-electron chi connectivity index (χ1n) is 4.64. The Kier molecular flexibility index (Phi) is 1.57. The largest absolute Gasteiger partial charge is 0.374 e. The molecule has 1 aliphatic heterocycles. The molecule has 0 amide bonds. The Hall–Kier alpha value is -1.89. The van der Waals surface area contributed by atoms with Crippen LogP contribution >= 0.6 is 0 Å². The molecule has 2 aromatic rings. The Morgan fingerprint density at radius 1 is 1.60 bits per heavy atom. The van der Waals surface area contributed by atoms with E-state index in [0.29, 0.717) is 30.1 Å². The van der Waals surface area contributed by atoms with E-state index in [0.717, 1.165) is 0 Å². The second-order valence-corrected chi connectivity index (χ2v) is 3.44. The van der Waals surface area contributed by atoms with Gasteiger partial charge in [0.05, 0.1) is 6.33 Å². The van der Waals surface area contributed by atoms with Gasteiger partial charge in [-0.15, -0.1) is 0 Å². The lowest BCUT2D eigenvalue weighted by atomic mass is 10.3. The fourth-order valence-corrected chi connectivity index (χ4v) is 1.71. The number of fused-ring (bicyclic) bond motifs is 2. The molecule has 1 atom stereocenters. The zero-order valence-corrected chi connectivity index (χ0v) is 7.77. The average Bonchev–Trinajstić information content (AvgIpc) is 2.65. The molecule has 0 spiro atoms. The fraction of sp³-hybridized carbons (Fsp3) is 0.375. The molecule has 2 aromatic heterocycles. The van der Waals surface area contributed by atoms with E-state index in [-0.39, 0.29) is 5.56 Å². The summed E-state index contributed by atoms with van der Waals surface area (Å²) >= 11 is 0. The number of aliphatic hydroxyl groups excluding tert-OH is 1. The second kappa shape index (κ2) is 2.80. The lowest BCUT2D eigenvalue weighted by molar-refractivity contribution is 0.175. The minimum Gasteiger partial charge on any atom is -0.374 e. The van der Waals surface area contributed by atoms with Crippen LogP contribution in [0.5, 0.6) is 0 Å². The van der Waals surface area contributed by atoms with Crippen molar-refractivity contribution in [1.29, 1.82) is 0 Å². The van der Waals surface area contributed by atoms with Crippen molar-refractivity contribution >= 4 is 17.1 Å². The van der Waals surface area contributed by atoms with Crippen LogP contribution < -0.4 is 10.9 Å². The predicted molar refractivity (Wildman–Crippen MR) is 52.4 cm³/mol. The molecule has 0 bridgehead atoms. The molecule has 7 heteroatoms. The van der Waals surface area contributed by atoms with Crippen LogP contribution in [0.15, 0.2) is 11.1 Å². The van der Waals surface area contributed by atoms with Gasteiger partial charge in [0.25, 0.3) is 5.56 Å². The third-order valence-electron chi connectivity index (χ3n) is 2.47. The number of H-pyrrole nitrogens is 1. The van der Waals surface area contributed by atoms with E-state index in [1.54, 1.807) is 0 Å². The number of nitrogens with zero attached hydrogens (tertiary/aromatic N) is 3. The Morgan fingerprint density at radius 2 is 2.47 bits per heavy atom. The molecule has 3 N–H and O–H groups in total. The molecular weight excluding hydrogens is 198 g/mol. The summed E-state index contributed by atoms with van der Waals surface area (Å²) in [6.07, 6.45) is 1.28. The molecule has 0 fully saturated rings. The fourth-order valence-electron chi connectivity index (χ4n) is 1.71. The Bertz CT molecular complexity index is 572. The smallest absolute Gasteiger partial charge is 0.280 e. The van der Waals surface area contributed by atoms with Crippen LogP contribution in [-0.2, 0) is 6.54 Å². The number of anilines is 1. The standard InChI is InChI=1S/C8H9N5O2/c14-4-1-2-13-7(15)5-6(10-3-9-5)12-8(13)11-4/h3-4,14H,1-2H2,(H,9,10)(H,11,12). The molecule has 0 saturated heterocycles. The van der Waals surface area contributed by atoms with Crippen LogP contribution in [0.2, 0.25) is 0 Å². The first kappa shape index (κ1) is 8.42. The number of aromatic amines is 1. The van der Waals surface area contributed by atoms with Crippen molar-refractivity contribution in [2.75, 3.05) is 5.32 Å². The highest BCUT2D eigenvalue weighted by Gasteiger charge is 2.19. The molecule has 0 saturated carbocycles. The van der Waals surface area contributed by atoms with E-state index in [1.165, 1.54) is 10.9 Å². The van der Waals surface area contributed by atoms with Crippen molar-refractivity contribution in [3.8, 4) is 0 Å². The van der Waals surface area contributed by atoms with Gasteiger partial charge in [-0.3, -0.25) is 9.36 Å². The van der Waals surface area contributed by atoms with Crippen LogP contribution in [0.4, 0.5) is 5.95 Å². The monoisotopic (exact) mass is 207 g/mol. The zero-order chi connectivity index (χ0) is 10.4. The van der Waals surface area contributed by atoms with E-state index < -0.39 is 6.23 Å². The molecule has 1 aliphatic rings. The normalized spacial score (nSPS) is 19.9. The number of imidazole rings is 1. The first-order valence-corrected chi connectivity index (χ1v) is 4.64. The zero-order valence-electron chi connectivity index (χ0n) is 7.77. The molecule has 7 nitrogen and oxygen atoms in total. The van der Waals surface area contributed by atoms with Crippen molar-refractivity contribution in [2.45, 2.75) is 19.2 Å². The van der Waals surface area contributed by atoms with E-state index in [4.69, 9.17) is 0 Å². The van der Waals surface area contributed by atoms with Gasteiger partial charge in [-0.1, -0.05) is 0 Å². The number of aliphatic hydroxyl groups is 1. The molecule has 78 valence electrons. The number of rotatable bonds is 0. The molecule has 0 radical (unpaired) electrons. The van der Waals surface area contributed by atoms with Gasteiger partial charge in [-0.2, -0.15) is 4.98 Å². The summed E-state index contributed by atoms with van der Waals surface area (Å²) in [7, 11) is 0. The maximum Gasteiger partial charge on any atom is 0.280 e. The summed E-state index contributed by atoms with van der Waals surface area (Å²) in [6.45, 7) is 0.463. The molecule has 3 rings (SSSR count). The third-order valence-corrected chi connectivity index (χ3v) is 2.47. The predicted octanol–water partition coefficient (Wildman–Crippen LogP) is -0.746. The summed E-state index contributed by atoms with van der Waals surface area (Å²) in [5.74, 6) is 0.373. The SMILES string of the molecule is O=c1c2[nH]cnc2nc2n1CCC(O)N2. The highest BCUT2D eigenvalue weighted by atomic mass is 16.3. The summed E-state index contributed by atoms with van der Waals surface area (Å²) in [4.78, 5) is 22.7. The summed E-state index contributed by atoms with van der Waals surface area (Å²) in [5.41, 5.74) is 0.608. The summed E-state index contributed by atoms with van der Waals surface area (Å²) in [6, 6.07) is 0. The summed E-state index contributed by atoms with van der Waals surface area (Å²) < 4.78 is 1.49.